The molecule has 3 rings (SSSR count). The summed E-state index contributed by atoms with van der Waals surface area (Å²) >= 11 is 0. The topological polar surface area (TPSA) is 43.8 Å². The lowest BCUT2D eigenvalue weighted by molar-refractivity contribution is -0.147. The number of nitrogens with two attached hydrogens (primary N) is 1. The van der Waals surface area contributed by atoms with E-state index in [2.05, 4.69) is 4.98 Å². The number of aromatic nitrogens is 2. The summed E-state index contributed by atoms with van der Waals surface area (Å²) in [6, 6.07) is 4.74. The Morgan fingerprint density at radius 1 is 1.24 bits per heavy atom. The first-order valence-corrected chi connectivity index (χ1v) is 7.28. The number of nitrogens with zero attached hydrogens (tertiary/aromatic N) is 2. The van der Waals surface area contributed by atoms with Gasteiger partial charge < -0.3 is 10.3 Å². The third-order valence-corrected chi connectivity index (χ3v) is 4.26. The highest BCUT2D eigenvalue weighted by Crippen LogP contribution is 2.34. The lowest BCUT2D eigenvalue weighted by Gasteiger charge is -2.14. The van der Waals surface area contributed by atoms with Crippen LogP contribution in [0.1, 0.15) is 37.9 Å². The summed E-state index contributed by atoms with van der Waals surface area (Å²) in [6.45, 7) is 0.361. The van der Waals surface area contributed by atoms with E-state index < -0.39 is 12.0 Å². The number of imidazole rings is 1. The average molecular weight is 297 g/mol. The van der Waals surface area contributed by atoms with Gasteiger partial charge in [0.05, 0.1) is 11.0 Å². The summed E-state index contributed by atoms with van der Waals surface area (Å²) < 4.78 is 40.8. The SMILES string of the molecule is Nc1ccc2c(c1)nc(C(F)(F)F)n2CCC1CCCC1. The zero-order valence-corrected chi connectivity index (χ0v) is 11.7. The van der Waals surface area contributed by atoms with Crippen molar-refractivity contribution >= 4 is 16.7 Å². The van der Waals surface area contributed by atoms with Crippen LogP contribution in [-0.2, 0) is 12.7 Å². The van der Waals surface area contributed by atoms with Gasteiger partial charge in [-0.3, -0.25) is 0 Å². The van der Waals surface area contributed by atoms with E-state index in [1.807, 2.05) is 0 Å². The minimum Gasteiger partial charge on any atom is -0.399 e. The fourth-order valence-electron chi connectivity index (χ4n) is 3.20. The maximum absolute atomic E-state index is 13.2. The van der Waals surface area contributed by atoms with Crippen molar-refractivity contribution < 1.29 is 13.2 Å². The number of alkyl halides is 3. The van der Waals surface area contributed by atoms with Gasteiger partial charge in [-0.15, -0.1) is 0 Å². The fourth-order valence-corrected chi connectivity index (χ4v) is 3.20. The largest absolute Gasteiger partial charge is 0.449 e. The van der Waals surface area contributed by atoms with Crippen LogP contribution in [0.3, 0.4) is 0 Å². The summed E-state index contributed by atoms with van der Waals surface area (Å²) in [6.07, 6.45) is 0.972. The molecule has 0 saturated heterocycles. The van der Waals surface area contributed by atoms with Gasteiger partial charge in [-0.2, -0.15) is 13.2 Å². The van der Waals surface area contributed by atoms with E-state index in [-0.39, 0.29) is 0 Å². The molecule has 0 spiro atoms. The van der Waals surface area contributed by atoms with Crippen molar-refractivity contribution in [2.45, 2.75) is 44.8 Å². The van der Waals surface area contributed by atoms with Crippen molar-refractivity contribution in [1.29, 1.82) is 0 Å². The molecule has 21 heavy (non-hydrogen) atoms. The highest BCUT2D eigenvalue weighted by Gasteiger charge is 2.37. The van der Waals surface area contributed by atoms with Crippen LogP contribution in [0.5, 0.6) is 0 Å². The normalized spacial score (nSPS) is 16.9. The molecule has 1 saturated carbocycles. The van der Waals surface area contributed by atoms with Crippen LogP contribution >= 0.6 is 0 Å². The molecule has 1 aromatic heterocycles. The number of benzene rings is 1. The molecular weight excluding hydrogens is 279 g/mol. The highest BCUT2D eigenvalue weighted by molar-refractivity contribution is 5.79. The Morgan fingerprint density at radius 3 is 2.62 bits per heavy atom. The van der Waals surface area contributed by atoms with Gasteiger partial charge >= 0.3 is 6.18 Å². The van der Waals surface area contributed by atoms with Crippen LogP contribution < -0.4 is 5.73 Å². The van der Waals surface area contributed by atoms with Crippen LogP contribution in [0, 0.1) is 5.92 Å². The quantitative estimate of drug-likeness (QED) is 0.862. The van der Waals surface area contributed by atoms with Gasteiger partial charge in [-0.1, -0.05) is 25.7 Å². The monoisotopic (exact) mass is 297 g/mol. The van der Waals surface area contributed by atoms with Gasteiger partial charge in [0.2, 0.25) is 5.82 Å². The summed E-state index contributed by atoms with van der Waals surface area (Å²) in [5, 5.41) is 0. The molecule has 0 aliphatic heterocycles. The van der Waals surface area contributed by atoms with Gasteiger partial charge in [0.1, 0.15) is 0 Å². The van der Waals surface area contributed by atoms with Crippen LogP contribution in [0.2, 0.25) is 0 Å². The third-order valence-electron chi connectivity index (χ3n) is 4.26. The number of anilines is 1. The van der Waals surface area contributed by atoms with E-state index >= 15 is 0 Å². The summed E-state index contributed by atoms with van der Waals surface area (Å²) in [5.74, 6) is -0.279. The van der Waals surface area contributed by atoms with Crippen LogP contribution in [-0.4, -0.2) is 9.55 Å². The third kappa shape index (κ3) is 2.84. The molecule has 1 fully saturated rings. The van der Waals surface area contributed by atoms with Crippen molar-refractivity contribution in [3.05, 3.63) is 24.0 Å². The molecule has 0 atom stereocenters. The second kappa shape index (κ2) is 5.24. The van der Waals surface area contributed by atoms with Crippen molar-refractivity contribution in [1.82, 2.24) is 9.55 Å². The van der Waals surface area contributed by atoms with Gasteiger partial charge in [0.25, 0.3) is 0 Å². The Hall–Kier alpha value is -1.72. The minimum atomic E-state index is -4.44. The van der Waals surface area contributed by atoms with Gasteiger partial charge in [0, 0.05) is 12.2 Å². The molecular formula is C15H18F3N3. The van der Waals surface area contributed by atoms with Crippen molar-refractivity contribution in [3.8, 4) is 0 Å². The van der Waals surface area contributed by atoms with E-state index in [0.717, 1.165) is 19.3 Å². The van der Waals surface area contributed by atoms with Crippen LogP contribution in [0.15, 0.2) is 18.2 Å². The zero-order valence-electron chi connectivity index (χ0n) is 11.7. The maximum atomic E-state index is 13.2. The van der Waals surface area contributed by atoms with Gasteiger partial charge in [0.15, 0.2) is 0 Å². The van der Waals surface area contributed by atoms with E-state index in [9.17, 15) is 13.2 Å². The number of hydrogen-bond acceptors (Lipinski definition) is 2. The number of fused-ring (bicyclic) bond motifs is 1. The lowest BCUT2D eigenvalue weighted by Crippen LogP contribution is -2.16. The highest BCUT2D eigenvalue weighted by atomic mass is 19.4. The minimum absolute atomic E-state index is 0.314. The van der Waals surface area contributed by atoms with Crippen molar-refractivity contribution in [2.75, 3.05) is 5.73 Å². The number of nitrogen functional groups attached to an aromatic ring is 1. The standard InChI is InChI=1S/C15H18F3N3/c16-15(17,18)14-20-12-9-11(19)5-6-13(12)21(14)8-7-10-3-1-2-4-10/h5-6,9-10H,1-4,7-8,19H2. The van der Waals surface area contributed by atoms with Crippen LogP contribution in [0.4, 0.5) is 18.9 Å². The van der Waals surface area contributed by atoms with Gasteiger partial charge in [-0.25, -0.2) is 4.98 Å². The molecule has 0 radical (unpaired) electrons. The molecule has 0 amide bonds. The molecule has 0 bridgehead atoms. The number of rotatable bonds is 3. The van der Waals surface area contributed by atoms with Crippen molar-refractivity contribution in [2.24, 2.45) is 5.92 Å². The summed E-state index contributed by atoms with van der Waals surface area (Å²) in [5.41, 5.74) is 6.89. The smallest absolute Gasteiger partial charge is 0.399 e. The second-order valence-electron chi connectivity index (χ2n) is 5.77. The first-order chi connectivity index (χ1) is 9.95. The first kappa shape index (κ1) is 14.2. The Balaban J connectivity index is 1.96. The molecule has 1 aromatic carbocycles. The van der Waals surface area contributed by atoms with E-state index in [1.165, 1.54) is 23.5 Å². The van der Waals surface area contributed by atoms with E-state index in [0.29, 0.717) is 29.2 Å². The predicted octanol–water partition coefficient (Wildman–Crippen LogP) is 4.22. The molecule has 0 unspecified atom stereocenters. The lowest BCUT2D eigenvalue weighted by atomic mass is 10.0. The predicted molar refractivity (Wildman–Crippen MR) is 75.7 cm³/mol. The molecule has 1 heterocycles. The molecule has 2 aromatic rings. The number of hydrogen-bond donors (Lipinski definition) is 1. The molecule has 3 nitrogen and oxygen atoms in total. The zero-order chi connectivity index (χ0) is 15.0. The van der Waals surface area contributed by atoms with E-state index in [1.54, 1.807) is 12.1 Å². The average Bonchev–Trinajstić information content (AvgIpc) is 3.01. The summed E-state index contributed by atoms with van der Waals surface area (Å²) in [4.78, 5) is 3.75. The molecule has 6 heteroatoms. The Kier molecular flexibility index (Phi) is 3.55. The van der Waals surface area contributed by atoms with Crippen molar-refractivity contribution in [3.63, 3.8) is 0 Å². The first-order valence-electron chi connectivity index (χ1n) is 7.28. The molecule has 1 aliphatic rings. The molecule has 2 N–H and O–H groups in total. The molecule has 114 valence electrons. The Morgan fingerprint density at radius 2 is 1.95 bits per heavy atom. The number of halogens is 3. The van der Waals surface area contributed by atoms with Gasteiger partial charge in [-0.05, 0) is 30.5 Å². The van der Waals surface area contributed by atoms with Crippen LogP contribution in [0.25, 0.3) is 11.0 Å². The Bertz CT molecular complexity index is 639. The van der Waals surface area contributed by atoms with E-state index in [4.69, 9.17) is 5.73 Å². The number of aryl methyl sites for hydroxylation is 1. The maximum Gasteiger partial charge on any atom is 0.449 e. The Labute approximate surface area is 121 Å². The molecule has 1 aliphatic carbocycles. The summed E-state index contributed by atoms with van der Waals surface area (Å²) in [7, 11) is 0. The second-order valence-corrected chi connectivity index (χ2v) is 5.77. The fraction of sp³-hybridized carbons (Fsp3) is 0.533.